The van der Waals surface area contributed by atoms with Crippen molar-refractivity contribution < 1.29 is 23.2 Å². The Bertz CT molecular complexity index is 1060. The van der Waals surface area contributed by atoms with Crippen LogP contribution in [0.25, 0.3) is 11.3 Å². The van der Waals surface area contributed by atoms with Gasteiger partial charge in [-0.1, -0.05) is 35.8 Å². The molecule has 1 N–H and O–H groups in total. The first kappa shape index (κ1) is 22.6. The minimum Gasteiger partial charge on any atom is -0.493 e. The molecule has 0 radical (unpaired) electrons. The average Bonchev–Trinajstić information content (AvgIpc) is 3.13. The molecule has 0 bridgehead atoms. The third-order valence-corrected chi connectivity index (χ3v) is 5.10. The Balaban J connectivity index is 1.87. The molecule has 0 spiro atoms. The maximum atomic E-state index is 14.4. The number of benzene rings is 2. The van der Waals surface area contributed by atoms with E-state index < -0.39 is 11.7 Å². The number of rotatable bonds is 8. The van der Waals surface area contributed by atoms with Crippen molar-refractivity contribution in [3.8, 4) is 22.8 Å². The number of nitrogens with one attached hydrogen (secondary N) is 1. The van der Waals surface area contributed by atoms with Gasteiger partial charge in [-0.15, -0.1) is 0 Å². The number of ether oxygens (including phenoxy) is 2. The number of hydrogen-bond donors (Lipinski definition) is 1. The Morgan fingerprint density at radius 2 is 2.06 bits per heavy atom. The molecule has 0 aliphatic carbocycles. The molecule has 1 unspecified atom stereocenters. The van der Waals surface area contributed by atoms with Crippen LogP contribution in [0.2, 0.25) is 5.02 Å². The maximum Gasteiger partial charge on any atom is 0.257 e. The zero-order valence-corrected chi connectivity index (χ0v) is 18.5. The van der Waals surface area contributed by atoms with Gasteiger partial charge in [-0.25, -0.2) is 4.39 Å². The van der Waals surface area contributed by atoms with Gasteiger partial charge in [0.2, 0.25) is 0 Å². The Morgan fingerprint density at radius 1 is 1.29 bits per heavy atom. The van der Waals surface area contributed by atoms with Crippen LogP contribution in [-0.4, -0.2) is 24.8 Å². The van der Waals surface area contributed by atoms with Crippen LogP contribution >= 0.6 is 11.6 Å². The highest BCUT2D eigenvalue weighted by Gasteiger charge is 2.26. The predicted molar refractivity (Wildman–Crippen MR) is 116 cm³/mol. The van der Waals surface area contributed by atoms with Crippen molar-refractivity contribution in [2.75, 3.05) is 13.7 Å². The van der Waals surface area contributed by atoms with E-state index in [-0.39, 0.29) is 33.6 Å². The Kier molecular flexibility index (Phi) is 7.17. The number of carbonyl (C=O) groups is 1. The first-order valence-corrected chi connectivity index (χ1v) is 10.3. The van der Waals surface area contributed by atoms with E-state index in [0.717, 1.165) is 12.0 Å². The van der Waals surface area contributed by atoms with Gasteiger partial charge in [0.05, 0.1) is 30.3 Å². The van der Waals surface area contributed by atoms with Gasteiger partial charge in [-0.05, 0) is 50.1 Å². The van der Waals surface area contributed by atoms with Crippen LogP contribution in [0.5, 0.6) is 11.5 Å². The van der Waals surface area contributed by atoms with Crippen LogP contribution in [0.1, 0.15) is 48.0 Å². The molecule has 8 heteroatoms. The van der Waals surface area contributed by atoms with Gasteiger partial charge in [-0.2, -0.15) is 0 Å². The second kappa shape index (κ2) is 9.83. The lowest BCUT2D eigenvalue weighted by Crippen LogP contribution is -2.27. The van der Waals surface area contributed by atoms with Crippen LogP contribution in [0.15, 0.2) is 40.9 Å². The number of halogens is 2. The van der Waals surface area contributed by atoms with Gasteiger partial charge in [-0.3, -0.25) is 4.79 Å². The van der Waals surface area contributed by atoms with Crippen LogP contribution in [0.4, 0.5) is 4.39 Å². The molecule has 31 heavy (non-hydrogen) atoms. The standard InChI is InChI=1S/C23H24ClFN2O4/c1-5-11-30-18-10-9-15(12-19(18)29-4)13(2)26-23(28)20-14(3)31-27-22(20)21-16(24)7-6-8-17(21)25/h6-10,12-13H,5,11H2,1-4H3,(H,26,28). The molecule has 1 amide bonds. The van der Waals surface area contributed by atoms with Crippen molar-refractivity contribution in [1.29, 1.82) is 0 Å². The zero-order chi connectivity index (χ0) is 22.5. The fraction of sp³-hybridized carbons (Fsp3) is 0.304. The molecule has 1 heterocycles. The van der Waals surface area contributed by atoms with E-state index in [2.05, 4.69) is 10.5 Å². The minimum absolute atomic E-state index is 0.0258. The summed E-state index contributed by atoms with van der Waals surface area (Å²) >= 11 is 6.16. The van der Waals surface area contributed by atoms with Crippen molar-refractivity contribution in [2.24, 2.45) is 0 Å². The normalized spacial score (nSPS) is 11.8. The van der Waals surface area contributed by atoms with Crippen molar-refractivity contribution in [2.45, 2.75) is 33.2 Å². The number of aryl methyl sites for hydroxylation is 1. The fourth-order valence-electron chi connectivity index (χ4n) is 3.17. The summed E-state index contributed by atoms with van der Waals surface area (Å²) in [5, 5.41) is 6.92. The maximum absolute atomic E-state index is 14.4. The molecule has 1 atom stereocenters. The molecule has 0 fully saturated rings. The second-order valence-corrected chi connectivity index (χ2v) is 7.42. The van der Waals surface area contributed by atoms with E-state index in [9.17, 15) is 9.18 Å². The molecule has 3 aromatic rings. The Labute approximate surface area is 185 Å². The summed E-state index contributed by atoms with van der Waals surface area (Å²) in [5.74, 6) is 0.436. The molecule has 0 saturated carbocycles. The number of amides is 1. The first-order chi connectivity index (χ1) is 14.9. The molecule has 0 aliphatic rings. The summed E-state index contributed by atoms with van der Waals surface area (Å²) in [6, 6.07) is 9.37. The van der Waals surface area contributed by atoms with E-state index in [0.29, 0.717) is 18.1 Å². The van der Waals surface area contributed by atoms with Gasteiger partial charge < -0.3 is 19.3 Å². The third kappa shape index (κ3) is 4.82. The lowest BCUT2D eigenvalue weighted by molar-refractivity contribution is 0.0939. The van der Waals surface area contributed by atoms with Gasteiger partial charge in [0, 0.05) is 0 Å². The van der Waals surface area contributed by atoms with E-state index in [1.54, 1.807) is 14.0 Å². The molecule has 6 nitrogen and oxygen atoms in total. The minimum atomic E-state index is -0.588. The highest BCUT2D eigenvalue weighted by molar-refractivity contribution is 6.33. The fourth-order valence-corrected chi connectivity index (χ4v) is 3.42. The molecule has 3 rings (SSSR count). The molecule has 1 aromatic heterocycles. The third-order valence-electron chi connectivity index (χ3n) is 4.79. The molecular formula is C23H24ClFN2O4. The van der Waals surface area contributed by atoms with E-state index in [1.165, 1.54) is 18.2 Å². The van der Waals surface area contributed by atoms with Crippen molar-refractivity contribution >= 4 is 17.5 Å². The van der Waals surface area contributed by atoms with Crippen LogP contribution < -0.4 is 14.8 Å². The average molecular weight is 447 g/mol. The number of nitrogens with zero attached hydrogens (tertiary/aromatic N) is 1. The van der Waals surface area contributed by atoms with Crippen LogP contribution in [0.3, 0.4) is 0 Å². The van der Waals surface area contributed by atoms with E-state index in [1.807, 2.05) is 32.0 Å². The molecule has 164 valence electrons. The largest absolute Gasteiger partial charge is 0.493 e. The smallest absolute Gasteiger partial charge is 0.257 e. The van der Waals surface area contributed by atoms with Gasteiger partial charge in [0.15, 0.2) is 11.5 Å². The Morgan fingerprint density at radius 3 is 2.74 bits per heavy atom. The van der Waals surface area contributed by atoms with Gasteiger partial charge >= 0.3 is 0 Å². The van der Waals surface area contributed by atoms with E-state index >= 15 is 0 Å². The number of methoxy groups -OCH3 is 1. The monoisotopic (exact) mass is 446 g/mol. The summed E-state index contributed by atoms with van der Waals surface area (Å²) in [6.07, 6.45) is 0.879. The summed E-state index contributed by atoms with van der Waals surface area (Å²) in [6.45, 7) is 6.02. The Hall–Kier alpha value is -3.06. The van der Waals surface area contributed by atoms with Crippen molar-refractivity contribution in [1.82, 2.24) is 10.5 Å². The molecule has 2 aromatic carbocycles. The number of aromatic nitrogens is 1. The second-order valence-electron chi connectivity index (χ2n) is 7.01. The van der Waals surface area contributed by atoms with Crippen molar-refractivity contribution in [3.05, 3.63) is 64.1 Å². The summed E-state index contributed by atoms with van der Waals surface area (Å²) in [7, 11) is 1.56. The number of hydrogen-bond acceptors (Lipinski definition) is 5. The van der Waals surface area contributed by atoms with Gasteiger partial charge in [0.25, 0.3) is 5.91 Å². The van der Waals surface area contributed by atoms with Gasteiger partial charge in [0.1, 0.15) is 22.8 Å². The molecule has 0 aliphatic heterocycles. The van der Waals surface area contributed by atoms with Crippen molar-refractivity contribution in [3.63, 3.8) is 0 Å². The number of carbonyl (C=O) groups excluding carboxylic acids is 1. The lowest BCUT2D eigenvalue weighted by atomic mass is 10.0. The molecule has 0 saturated heterocycles. The highest BCUT2D eigenvalue weighted by atomic mass is 35.5. The predicted octanol–water partition coefficient (Wildman–Crippen LogP) is 5.73. The lowest BCUT2D eigenvalue weighted by Gasteiger charge is -2.17. The van der Waals surface area contributed by atoms with Crippen LogP contribution in [-0.2, 0) is 0 Å². The first-order valence-electron chi connectivity index (χ1n) is 9.89. The molecular weight excluding hydrogens is 423 g/mol. The quantitative estimate of drug-likeness (QED) is 0.478. The summed E-state index contributed by atoms with van der Waals surface area (Å²) in [4.78, 5) is 13.1. The summed E-state index contributed by atoms with van der Waals surface area (Å²) in [5.41, 5.74) is 1.03. The topological polar surface area (TPSA) is 73.6 Å². The zero-order valence-electron chi connectivity index (χ0n) is 17.8. The van der Waals surface area contributed by atoms with Crippen LogP contribution in [0, 0.1) is 12.7 Å². The highest BCUT2D eigenvalue weighted by Crippen LogP contribution is 2.34. The van der Waals surface area contributed by atoms with E-state index in [4.69, 9.17) is 25.6 Å². The SMILES string of the molecule is CCCOc1ccc(C(C)NC(=O)c2c(-c3c(F)cccc3Cl)noc2C)cc1OC. The summed E-state index contributed by atoms with van der Waals surface area (Å²) < 4.78 is 30.7.